The Morgan fingerprint density at radius 2 is 1.00 bits per heavy atom. The molecule has 0 aromatic heterocycles. The number of phosphoric acid groups is 1. The Morgan fingerprint density at radius 3 is 1.00 bits per heavy atom. The molecular weight excluding hydrogens is 251 g/mol. The van der Waals surface area contributed by atoms with Crippen LogP contribution in [0.2, 0.25) is 0 Å². The third kappa shape index (κ3) is 754. The molecule has 0 rings (SSSR count). The van der Waals surface area contributed by atoms with Gasteiger partial charge in [-0.05, 0) is 0 Å². The molecule has 0 saturated carbocycles. The fourth-order valence-electron chi connectivity index (χ4n) is 0. The number of hydrogen-bond acceptors (Lipinski definition) is 1. The van der Waals surface area contributed by atoms with Crippen LogP contribution in [0.25, 0.3) is 0 Å². The van der Waals surface area contributed by atoms with Crippen LogP contribution in [0.5, 0.6) is 0 Å². The third-order valence-corrected chi connectivity index (χ3v) is 0. The van der Waals surface area contributed by atoms with Gasteiger partial charge in [-0.25, -0.2) is 4.57 Å². The molecule has 0 heterocycles. The maximum absolute atomic E-state index is 8.88. The molecule has 0 saturated heterocycles. The number of hydrogen-bond donors (Lipinski definition) is 3. The Labute approximate surface area is 77.4 Å². The van der Waals surface area contributed by atoms with Crippen molar-refractivity contribution in [2.75, 3.05) is 0 Å². The minimum absolute atomic E-state index is 0. The van der Waals surface area contributed by atoms with Crippen molar-refractivity contribution in [3.8, 4) is 0 Å². The fourth-order valence-corrected chi connectivity index (χ4v) is 0. The molecule has 0 aliphatic rings. The maximum atomic E-state index is 8.88. The standard InChI is InChI=1S/2C2H5.Ag.H3O4P/c2*1-2;;1-5(2,3)4/h2*1H2,2H3;;(H3,1,2,3,4)/q2*-1;;. The molecule has 0 fully saturated rings. The molecule has 0 unspecified atom stereocenters. The van der Waals surface area contributed by atoms with Gasteiger partial charge in [-0.3, -0.25) is 0 Å². The number of rotatable bonds is 0. The van der Waals surface area contributed by atoms with Crippen molar-refractivity contribution in [2.24, 2.45) is 0 Å². The molecule has 0 aromatic carbocycles. The summed E-state index contributed by atoms with van der Waals surface area (Å²) < 4.78 is 8.88. The predicted octanol–water partition coefficient (Wildman–Crippen LogP) is 0.750. The molecule has 0 bridgehead atoms. The Kier molecular flexibility index (Phi) is 36.9. The summed E-state index contributed by atoms with van der Waals surface area (Å²) in [6.45, 7) is 10.0. The normalized spacial score (nSPS) is 7.10. The van der Waals surface area contributed by atoms with Gasteiger partial charge in [-0.2, -0.15) is 13.8 Å². The largest absolute Gasteiger partial charge is 0.466 e. The van der Waals surface area contributed by atoms with E-state index < -0.39 is 7.82 Å². The van der Waals surface area contributed by atoms with Crippen LogP contribution >= 0.6 is 7.82 Å². The SMILES string of the molecule is O=P(O)(O)O.[Ag].[CH2-]C.[CH2-]C. The van der Waals surface area contributed by atoms with E-state index in [2.05, 4.69) is 13.8 Å². The molecule has 0 aliphatic heterocycles. The minimum Gasteiger partial charge on any atom is -0.346 e. The van der Waals surface area contributed by atoms with Crippen LogP contribution in [0.3, 0.4) is 0 Å². The molecule has 0 atom stereocenters. The van der Waals surface area contributed by atoms with Crippen LogP contribution < -0.4 is 0 Å². The van der Waals surface area contributed by atoms with Crippen molar-refractivity contribution in [2.45, 2.75) is 13.8 Å². The van der Waals surface area contributed by atoms with Crippen molar-refractivity contribution in [1.29, 1.82) is 0 Å². The smallest absolute Gasteiger partial charge is 0.346 e. The molecule has 0 aliphatic carbocycles. The van der Waals surface area contributed by atoms with E-state index >= 15 is 0 Å². The van der Waals surface area contributed by atoms with E-state index in [0.29, 0.717) is 0 Å². The Hall–Kier alpha value is 0.850. The first-order valence-electron chi connectivity index (χ1n) is 2.20. The molecule has 4 nitrogen and oxygen atoms in total. The monoisotopic (exact) mass is 263 g/mol. The van der Waals surface area contributed by atoms with Crippen LogP contribution in [0.1, 0.15) is 13.8 Å². The van der Waals surface area contributed by atoms with Gasteiger partial charge in [-0.15, -0.1) is 0 Å². The average Bonchev–Trinajstić information content (AvgIpc) is 1.72. The second-order valence-electron chi connectivity index (χ2n) is 0.513. The molecule has 6 heteroatoms. The first-order chi connectivity index (χ1) is 4.00. The van der Waals surface area contributed by atoms with Crippen molar-refractivity contribution < 1.29 is 41.6 Å². The summed E-state index contributed by atoms with van der Waals surface area (Å²) in [6.07, 6.45) is 0. The third-order valence-electron chi connectivity index (χ3n) is 0. The van der Waals surface area contributed by atoms with Crippen LogP contribution in [0, 0.1) is 13.8 Å². The topological polar surface area (TPSA) is 77.8 Å². The van der Waals surface area contributed by atoms with Gasteiger partial charge in [0.15, 0.2) is 0 Å². The van der Waals surface area contributed by atoms with Crippen LogP contribution in [-0.2, 0) is 26.9 Å². The van der Waals surface area contributed by atoms with Gasteiger partial charge in [0.1, 0.15) is 0 Å². The molecule has 1 radical (unpaired) electrons. The zero-order chi connectivity index (χ0) is 8.50. The van der Waals surface area contributed by atoms with E-state index in [1.54, 1.807) is 13.8 Å². The molecule has 0 aromatic rings. The Bertz CT molecular complexity index is 63.4. The first-order valence-corrected chi connectivity index (χ1v) is 3.76. The van der Waals surface area contributed by atoms with E-state index in [4.69, 9.17) is 19.2 Å². The van der Waals surface area contributed by atoms with E-state index in [1.165, 1.54) is 0 Å². The van der Waals surface area contributed by atoms with E-state index in [1.807, 2.05) is 0 Å². The minimum atomic E-state index is -4.64. The molecule has 71 valence electrons. The molecular formula is C4H13AgO4P-2. The summed E-state index contributed by atoms with van der Waals surface area (Å²) in [5, 5.41) is 0. The average molecular weight is 264 g/mol. The van der Waals surface area contributed by atoms with Gasteiger partial charge in [0.25, 0.3) is 0 Å². The fraction of sp³-hybridized carbons (Fsp3) is 0.500. The molecule has 10 heavy (non-hydrogen) atoms. The van der Waals surface area contributed by atoms with Gasteiger partial charge in [0, 0.05) is 22.4 Å². The summed E-state index contributed by atoms with van der Waals surface area (Å²) in [7, 11) is -4.64. The van der Waals surface area contributed by atoms with Crippen molar-refractivity contribution in [3.05, 3.63) is 13.8 Å². The van der Waals surface area contributed by atoms with Gasteiger partial charge >= 0.3 is 7.82 Å². The quantitative estimate of drug-likeness (QED) is 0.343. The summed E-state index contributed by atoms with van der Waals surface area (Å²) in [5.74, 6) is 0. The Morgan fingerprint density at radius 1 is 1.00 bits per heavy atom. The second-order valence-corrected chi connectivity index (χ2v) is 1.54. The maximum Gasteiger partial charge on any atom is 0.466 e. The van der Waals surface area contributed by atoms with Gasteiger partial charge in [-0.1, -0.05) is 0 Å². The molecule has 0 spiro atoms. The Balaban J connectivity index is -0.0000000315. The van der Waals surface area contributed by atoms with Crippen LogP contribution in [-0.4, -0.2) is 14.7 Å². The van der Waals surface area contributed by atoms with E-state index in [-0.39, 0.29) is 22.4 Å². The molecule has 0 amide bonds. The first kappa shape index (κ1) is 22.4. The summed E-state index contributed by atoms with van der Waals surface area (Å²) in [4.78, 5) is 21.6. The van der Waals surface area contributed by atoms with Crippen molar-refractivity contribution >= 4 is 7.82 Å². The van der Waals surface area contributed by atoms with Crippen LogP contribution in [0.15, 0.2) is 0 Å². The van der Waals surface area contributed by atoms with E-state index in [0.717, 1.165) is 0 Å². The van der Waals surface area contributed by atoms with Gasteiger partial charge < -0.3 is 28.5 Å². The second kappa shape index (κ2) is 16.4. The van der Waals surface area contributed by atoms with Gasteiger partial charge in [0.05, 0.1) is 0 Å². The van der Waals surface area contributed by atoms with Crippen molar-refractivity contribution in [3.63, 3.8) is 0 Å². The predicted molar refractivity (Wildman–Crippen MR) is 36.3 cm³/mol. The molecule has 3 N–H and O–H groups in total. The summed E-state index contributed by atoms with van der Waals surface area (Å²) in [6, 6.07) is 0. The zero-order valence-corrected chi connectivity index (χ0v) is 8.29. The van der Waals surface area contributed by atoms with Crippen molar-refractivity contribution in [1.82, 2.24) is 0 Å². The summed E-state index contributed by atoms with van der Waals surface area (Å²) >= 11 is 0. The zero-order valence-electron chi connectivity index (χ0n) is 5.91. The van der Waals surface area contributed by atoms with Gasteiger partial charge in [0.2, 0.25) is 0 Å². The van der Waals surface area contributed by atoms with Crippen LogP contribution in [0.4, 0.5) is 0 Å². The van der Waals surface area contributed by atoms with E-state index in [9.17, 15) is 0 Å². The summed E-state index contributed by atoms with van der Waals surface area (Å²) in [5.41, 5.74) is 0.